The van der Waals surface area contributed by atoms with E-state index in [4.69, 9.17) is 0 Å². The molecule has 2 unspecified atom stereocenters. The van der Waals surface area contributed by atoms with E-state index in [1.165, 1.54) is 20.0 Å². The van der Waals surface area contributed by atoms with Crippen molar-refractivity contribution in [3.05, 3.63) is 52.3 Å². The maximum atomic E-state index is 14.3. The number of nitrogens with one attached hydrogen (secondary N) is 3. The van der Waals surface area contributed by atoms with Crippen molar-refractivity contribution in [2.75, 3.05) is 12.4 Å². The molecule has 8 nitrogen and oxygen atoms in total. The van der Waals surface area contributed by atoms with Crippen LogP contribution in [0.15, 0.2) is 18.2 Å². The molecule has 0 radical (unpaired) electrons. The number of hydrogen-bond acceptors (Lipinski definition) is 4. The van der Waals surface area contributed by atoms with Gasteiger partial charge in [-0.15, -0.1) is 0 Å². The number of fused-ring (bicyclic) bond motifs is 3. The van der Waals surface area contributed by atoms with Crippen LogP contribution in [0.25, 0.3) is 0 Å². The van der Waals surface area contributed by atoms with Gasteiger partial charge >= 0.3 is 0 Å². The molecular weight excluding hydrogens is 477 g/mol. The molecule has 1 aliphatic heterocycles. The van der Waals surface area contributed by atoms with Crippen LogP contribution in [-0.2, 0) is 16.0 Å². The van der Waals surface area contributed by atoms with Gasteiger partial charge in [-0.05, 0) is 50.3 Å². The van der Waals surface area contributed by atoms with Gasteiger partial charge in [-0.2, -0.15) is 0 Å². The molecule has 0 bridgehead atoms. The molecule has 11 heteroatoms. The number of Topliss-reactive ketones (excluding diaryl/α,β-unsaturated/α-hetero) is 1. The van der Waals surface area contributed by atoms with Gasteiger partial charge in [0.05, 0.1) is 5.56 Å². The Morgan fingerprint density at radius 1 is 1.11 bits per heavy atom. The van der Waals surface area contributed by atoms with Crippen molar-refractivity contribution in [2.24, 2.45) is 5.92 Å². The van der Waals surface area contributed by atoms with E-state index in [1.807, 2.05) is 0 Å². The lowest BCUT2D eigenvalue weighted by atomic mass is 9.66. The Morgan fingerprint density at radius 2 is 1.81 bits per heavy atom. The zero-order chi connectivity index (χ0) is 26.2. The van der Waals surface area contributed by atoms with Crippen LogP contribution in [-0.4, -0.2) is 46.3 Å². The van der Waals surface area contributed by atoms with Crippen LogP contribution in [0.2, 0.25) is 0 Å². The normalized spacial score (nSPS) is 27.4. The van der Waals surface area contributed by atoms with E-state index in [9.17, 15) is 32.3 Å². The van der Waals surface area contributed by atoms with Crippen LogP contribution < -0.4 is 16.0 Å². The van der Waals surface area contributed by atoms with Crippen LogP contribution in [0, 0.1) is 24.5 Å². The smallest absolute Gasteiger partial charge is 0.293 e. The Hall–Kier alpha value is -3.63. The molecule has 0 saturated heterocycles. The van der Waals surface area contributed by atoms with Crippen molar-refractivity contribution in [3.8, 4) is 0 Å². The molecule has 2 aromatic rings. The molecule has 1 aromatic carbocycles. The van der Waals surface area contributed by atoms with E-state index in [-0.39, 0.29) is 47.3 Å². The fourth-order valence-electron chi connectivity index (χ4n) is 5.84. The molecule has 0 spiro atoms. The maximum Gasteiger partial charge on any atom is 0.293 e. The topological polar surface area (TPSA) is 109 Å². The second kappa shape index (κ2) is 7.94. The third-order valence-corrected chi connectivity index (χ3v) is 7.40. The number of likely N-dealkylation sites (N-methyl/N-ethyl adjacent to an activating group) is 1. The number of amides is 3. The number of aromatic nitrogens is 1. The van der Waals surface area contributed by atoms with Crippen molar-refractivity contribution in [1.82, 2.24) is 15.2 Å². The summed E-state index contributed by atoms with van der Waals surface area (Å²) in [4.78, 5) is 51.9. The Labute approximate surface area is 204 Å². The second-order valence-electron chi connectivity index (χ2n) is 10.2. The van der Waals surface area contributed by atoms with Crippen LogP contribution >= 0.6 is 0 Å². The van der Waals surface area contributed by atoms with Gasteiger partial charge in [-0.1, -0.05) is 0 Å². The molecule has 2 aliphatic carbocycles. The average molecular weight is 502 g/mol. The maximum absolute atomic E-state index is 14.3. The Balaban J connectivity index is 1.45. The highest BCUT2D eigenvalue weighted by atomic mass is 19.2. The molecular formula is C25H25F3N4O4. The van der Waals surface area contributed by atoms with E-state index in [0.717, 1.165) is 18.6 Å². The molecule has 3 N–H and O–H groups in total. The number of hydrogen-bond donors (Lipinski definition) is 3. The Bertz CT molecular complexity index is 1340. The van der Waals surface area contributed by atoms with Gasteiger partial charge in [0.2, 0.25) is 5.91 Å². The number of benzene rings is 1. The number of ketones is 1. The molecule has 2 heterocycles. The molecule has 190 valence electrons. The molecule has 5 rings (SSSR count). The molecule has 36 heavy (non-hydrogen) atoms. The van der Waals surface area contributed by atoms with Crippen LogP contribution in [0.1, 0.15) is 64.3 Å². The summed E-state index contributed by atoms with van der Waals surface area (Å²) in [6.45, 7) is 2.86. The minimum absolute atomic E-state index is 0.00473. The van der Waals surface area contributed by atoms with Gasteiger partial charge in [0.1, 0.15) is 16.9 Å². The van der Waals surface area contributed by atoms with Crippen molar-refractivity contribution in [1.29, 1.82) is 0 Å². The van der Waals surface area contributed by atoms with Gasteiger partial charge in [0.25, 0.3) is 17.6 Å². The third-order valence-electron chi connectivity index (χ3n) is 7.40. The highest BCUT2D eigenvalue weighted by Gasteiger charge is 2.59. The SMILES string of the molecule is CNC(=O)C1(NC(=O)C(=O)c2c(C)c(C(=O)Nc3ccc(F)c(F)c3)n3c2CC2CC23)CC(C)(F)C1. The number of rotatable bonds is 6. The van der Waals surface area contributed by atoms with Crippen molar-refractivity contribution < 1.29 is 32.3 Å². The Kier molecular flexibility index (Phi) is 5.31. The molecule has 2 atom stereocenters. The van der Waals surface area contributed by atoms with E-state index in [2.05, 4.69) is 16.0 Å². The van der Waals surface area contributed by atoms with Crippen molar-refractivity contribution in [2.45, 2.75) is 56.8 Å². The predicted molar refractivity (Wildman–Crippen MR) is 122 cm³/mol. The Morgan fingerprint density at radius 3 is 2.42 bits per heavy atom. The summed E-state index contributed by atoms with van der Waals surface area (Å²) in [5.41, 5.74) is -2.09. The van der Waals surface area contributed by atoms with Gasteiger partial charge in [-0.3, -0.25) is 19.2 Å². The van der Waals surface area contributed by atoms with Crippen LogP contribution in [0.4, 0.5) is 18.9 Å². The van der Waals surface area contributed by atoms with E-state index < -0.39 is 46.3 Å². The van der Waals surface area contributed by atoms with Gasteiger partial charge in [0, 0.05) is 43.4 Å². The number of carbonyl (C=O) groups excluding carboxylic acids is 4. The summed E-state index contributed by atoms with van der Waals surface area (Å²) in [6.07, 6.45) is 0.790. The lowest BCUT2D eigenvalue weighted by molar-refractivity contribution is -0.143. The first kappa shape index (κ1) is 24.1. The average Bonchev–Trinajstić information content (AvgIpc) is 3.37. The fourth-order valence-corrected chi connectivity index (χ4v) is 5.84. The molecule has 1 aromatic heterocycles. The first-order valence-electron chi connectivity index (χ1n) is 11.7. The number of nitrogens with zero attached hydrogens (tertiary/aromatic N) is 1. The van der Waals surface area contributed by atoms with Crippen molar-refractivity contribution >= 4 is 29.2 Å². The van der Waals surface area contributed by atoms with E-state index in [1.54, 1.807) is 11.5 Å². The first-order valence-corrected chi connectivity index (χ1v) is 11.7. The van der Waals surface area contributed by atoms with Gasteiger partial charge in [0.15, 0.2) is 11.6 Å². The van der Waals surface area contributed by atoms with E-state index in [0.29, 0.717) is 12.1 Å². The minimum atomic E-state index is -1.65. The zero-order valence-corrected chi connectivity index (χ0v) is 19.9. The summed E-state index contributed by atoms with van der Waals surface area (Å²) in [6, 6.07) is 2.96. The largest absolute Gasteiger partial charge is 0.357 e. The molecule has 2 fully saturated rings. The van der Waals surface area contributed by atoms with Gasteiger partial charge in [-0.25, -0.2) is 13.2 Å². The zero-order valence-electron chi connectivity index (χ0n) is 19.9. The highest BCUT2D eigenvalue weighted by Crippen LogP contribution is 2.54. The third kappa shape index (κ3) is 3.68. The second-order valence-corrected chi connectivity index (χ2v) is 10.2. The monoisotopic (exact) mass is 502 g/mol. The highest BCUT2D eigenvalue weighted by molar-refractivity contribution is 6.44. The lowest BCUT2D eigenvalue weighted by Crippen LogP contribution is -2.70. The number of halogens is 3. The van der Waals surface area contributed by atoms with Crippen molar-refractivity contribution in [3.63, 3.8) is 0 Å². The predicted octanol–water partition coefficient (Wildman–Crippen LogP) is 2.75. The van der Waals surface area contributed by atoms with Gasteiger partial charge < -0.3 is 20.5 Å². The molecule has 3 aliphatic rings. The molecule has 2 saturated carbocycles. The quantitative estimate of drug-likeness (QED) is 0.417. The summed E-state index contributed by atoms with van der Waals surface area (Å²) in [7, 11) is 1.36. The summed E-state index contributed by atoms with van der Waals surface area (Å²) in [5, 5.41) is 7.38. The summed E-state index contributed by atoms with van der Waals surface area (Å²) >= 11 is 0. The first-order chi connectivity index (χ1) is 16.9. The number of carbonyl (C=O) groups is 4. The number of alkyl halides is 1. The molecule has 3 amide bonds. The van der Waals surface area contributed by atoms with Crippen LogP contribution in [0.3, 0.4) is 0 Å². The minimum Gasteiger partial charge on any atom is -0.357 e. The van der Waals surface area contributed by atoms with Crippen LogP contribution in [0.5, 0.6) is 0 Å². The standard InChI is InChI=1S/C25H25F3N4O4/c1-11-18(20(33)22(35)31-25(23(36)29-3)9-24(2,28)10-25)17-7-12-6-16(12)32(17)19(11)21(34)30-13-4-5-14(26)15(27)8-13/h4-5,8,12,16H,6-7,9-10H2,1-3H3,(H,29,36)(H,30,34)(H,31,35). The fraction of sp³-hybridized carbons (Fsp3) is 0.440. The number of anilines is 1. The summed E-state index contributed by atoms with van der Waals surface area (Å²) in [5.74, 6) is -5.13. The summed E-state index contributed by atoms with van der Waals surface area (Å²) < 4.78 is 42.9. The van der Waals surface area contributed by atoms with E-state index >= 15 is 0 Å². The lowest BCUT2D eigenvalue weighted by Gasteiger charge is -2.48.